The Morgan fingerprint density at radius 1 is 1.03 bits per heavy atom. The second-order valence-electron chi connectivity index (χ2n) is 11.0. The van der Waals surface area contributed by atoms with Gasteiger partial charge in [-0.25, -0.2) is 0 Å². The Morgan fingerprint density at radius 3 is 2.46 bits per heavy atom. The number of carboxylic acids is 1. The van der Waals surface area contributed by atoms with Crippen LogP contribution in [0.1, 0.15) is 75.3 Å². The van der Waals surface area contributed by atoms with Crippen molar-refractivity contribution in [2.24, 2.45) is 17.3 Å². The normalized spacial score (nSPS) is 23.3. The molecule has 3 aliphatic carbocycles. The number of ether oxygens (including phenoxy) is 3. The van der Waals surface area contributed by atoms with Crippen LogP contribution in [-0.4, -0.2) is 55.9 Å². The van der Waals surface area contributed by atoms with Gasteiger partial charge in [0.15, 0.2) is 0 Å². The Balaban J connectivity index is 1.43. The zero-order valence-corrected chi connectivity index (χ0v) is 22.0. The van der Waals surface area contributed by atoms with Crippen LogP contribution >= 0.6 is 0 Å². The maximum absolute atomic E-state index is 13.6. The summed E-state index contributed by atoms with van der Waals surface area (Å²) in [6, 6.07) is 5.85. The predicted octanol–water partition coefficient (Wildman–Crippen LogP) is 4.07. The van der Waals surface area contributed by atoms with Gasteiger partial charge >= 0.3 is 11.9 Å². The largest absolute Gasteiger partial charge is 0.481 e. The first kappa shape index (κ1) is 27.6. The zero-order valence-electron chi connectivity index (χ0n) is 22.0. The van der Waals surface area contributed by atoms with Gasteiger partial charge < -0.3 is 24.6 Å². The minimum atomic E-state index is -0.754. The molecule has 3 aliphatic rings. The van der Waals surface area contributed by atoms with E-state index in [0.717, 1.165) is 44.9 Å². The van der Waals surface area contributed by atoms with Crippen molar-refractivity contribution in [2.45, 2.75) is 83.1 Å². The van der Waals surface area contributed by atoms with Crippen LogP contribution in [0.3, 0.4) is 0 Å². The standard InChI is InChI=1S/C29H41NO7/c1-35-15-16-36-19-23(27(33)37-25-12-9-20-5-4-6-22(20)17-25)18-29(13-2-3-14-29)28(34)30-24-10-7-21(8-11-24)26(31)32/h9,12,17,21,23-24H,2-8,10-11,13-16,18-19H2,1H3,(H,30,34)(H,31,32)/t21-,23?,24+. The summed E-state index contributed by atoms with van der Waals surface area (Å²) in [4.78, 5) is 38.3. The van der Waals surface area contributed by atoms with Gasteiger partial charge in [0, 0.05) is 13.2 Å². The molecular formula is C29H41NO7. The Kier molecular flexibility index (Phi) is 9.60. The van der Waals surface area contributed by atoms with Crippen molar-refractivity contribution in [3.8, 4) is 5.75 Å². The molecule has 1 unspecified atom stereocenters. The Hall–Kier alpha value is -2.45. The van der Waals surface area contributed by atoms with E-state index in [0.29, 0.717) is 51.1 Å². The molecule has 1 amide bonds. The minimum Gasteiger partial charge on any atom is -0.481 e. The molecule has 8 nitrogen and oxygen atoms in total. The van der Waals surface area contributed by atoms with E-state index in [2.05, 4.69) is 5.32 Å². The van der Waals surface area contributed by atoms with Gasteiger partial charge in [0.2, 0.25) is 5.91 Å². The molecule has 1 aromatic rings. The molecular weight excluding hydrogens is 474 g/mol. The number of nitrogens with one attached hydrogen (secondary N) is 1. The van der Waals surface area contributed by atoms with Crippen molar-refractivity contribution in [3.05, 3.63) is 29.3 Å². The third-order valence-corrected chi connectivity index (χ3v) is 8.46. The maximum atomic E-state index is 13.6. The van der Waals surface area contributed by atoms with E-state index in [1.54, 1.807) is 7.11 Å². The minimum absolute atomic E-state index is 0.0176. The Labute approximate surface area is 219 Å². The van der Waals surface area contributed by atoms with E-state index in [4.69, 9.17) is 14.2 Å². The lowest BCUT2D eigenvalue weighted by molar-refractivity contribution is -0.144. The van der Waals surface area contributed by atoms with Crippen molar-refractivity contribution < 1.29 is 33.7 Å². The van der Waals surface area contributed by atoms with Crippen LogP contribution in [0.5, 0.6) is 5.75 Å². The molecule has 204 valence electrons. The Morgan fingerprint density at radius 2 is 1.76 bits per heavy atom. The number of hydrogen-bond donors (Lipinski definition) is 2. The van der Waals surface area contributed by atoms with E-state index in [1.165, 1.54) is 11.1 Å². The lowest BCUT2D eigenvalue weighted by Gasteiger charge is -2.34. The van der Waals surface area contributed by atoms with Crippen molar-refractivity contribution in [3.63, 3.8) is 0 Å². The monoisotopic (exact) mass is 515 g/mol. The molecule has 2 fully saturated rings. The first-order valence-corrected chi connectivity index (χ1v) is 13.8. The summed E-state index contributed by atoms with van der Waals surface area (Å²) in [6.45, 7) is 0.967. The van der Waals surface area contributed by atoms with Gasteiger partial charge in [-0.1, -0.05) is 18.9 Å². The average molecular weight is 516 g/mol. The van der Waals surface area contributed by atoms with Gasteiger partial charge in [0.05, 0.1) is 37.1 Å². The molecule has 1 aromatic carbocycles. The average Bonchev–Trinajstić information content (AvgIpc) is 3.56. The molecule has 0 bridgehead atoms. The molecule has 4 rings (SSSR count). The molecule has 37 heavy (non-hydrogen) atoms. The molecule has 8 heteroatoms. The van der Waals surface area contributed by atoms with Crippen molar-refractivity contribution in [1.82, 2.24) is 5.32 Å². The van der Waals surface area contributed by atoms with Crippen molar-refractivity contribution >= 4 is 17.8 Å². The number of rotatable bonds is 12. The fourth-order valence-corrected chi connectivity index (χ4v) is 6.26. The number of methoxy groups -OCH3 is 1. The molecule has 0 saturated heterocycles. The number of carbonyl (C=O) groups excluding carboxylic acids is 2. The van der Waals surface area contributed by atoms with E-state index in [9.17, 15) is 19.5 Å². The number of esters is 1. The fraction of sp³-hybridized carbons (Fsp3) is 0.690. The highest BCUT2D eigenvalue weighted by molar-refractivity contribution is 5.84. The van der Waals surface area contributed by atoms with E-state index in [1.807, 2.05) is 18.2 Å². The molecule has 0 heterocycles. The quantitative estimate of drug-likeness (QED) is 0.245. The molecule has 0 spiro atoms. The summed E-state index contributed by atoms with van der Waals surface area (Å²) in [7, 11) is 1.60. The third kappa shape index (κ3) is 7.11. The van der Waals surface area contributed by atoms with Gasteiger partial charge in [-0.2, -0.15) is 0 Å². The lowest BCUT2D eigenvalue weighted by Crippen LogP contribution is -2.47. The number of carboxylic acid groups (broad SMARTS) is 1. The predicted molar refractivity (Wildman–Crippen MR) is 137 cm³/mol. The lowest BCUT2D eigenvalue weighted by atomic mass is 9.76. The zero-order chi connectivity index (χ0) is 26.3. The molecule has 0 radical (unpaired) electrons. The summed E-state index contributed by atoms with van der Waals surface area (Å²) in [5, 5.41) is 12.5. The van der Waals surface area contributed by atoms with Crippen LogP contribution < -0.4 is 10.1 Å². The summed E-state index contributed by atoms with van der Waals surface area (Å²) in [5.41, 5.74) is 1.91. The smallest absolute Gasteiger partial charge is 0.316 e. The van der Waals surface area contributed by atoms with Gasteiger partial charge in [-0.3, -0.25) is 14.4 Å². The van der Waals surface area contributed by atoms with E-state index < -0.39 is 17.3 Å². The molecule has 1 atom stereocenters. The first-order valence-electron chi connectivity index (χ1n) is 13.8. The SMILES string of the molecule is COCCOCC(CC1(C(=O)N[C@H]2CC[C@@H](C(=O)O)CC2)CCCC1)C(=O)Oc1ccc2c(c1)CCC2. The van der Waals surface area contributed by atoms with Crippen molar-refractivity contribution in [1.29, 1.82) is 0 Å². The number of aliphatic carboxylic acids is 1. The van der Waals surface area contributed by atoms with E-state index in [-0.39, 0.29) is 30.4 Å². The number of aryl methyl sites for hydroxylation is 2. The van der Waals surface area contributed by atoms with E-state index >= 15 is 0 Å². The van der Waals surface area contributed by atoms with Crippen LogP contribution in [0.15, 0.2) is 18.2 Å². The molecule has 0 aliphatic heterocycles. The van der Waals surface area contributed by atoms with Crippen LogP contribution in [-0.2, 0) is 36.7 Å². The van der Waals surface area contributed by atoms with Gasteiger partial charge in [0.25, 0.3) is 0 Å². The van der Waals surface area contributed by atoms with Gasteiger partial charge in [-0.05, 0) is 87.5 Å². The number of fused-ring (bicyclic) bond motifs is 1. The number of amides is 1. The number of hydrogen-bond acceptors (Lipinski definition) is 6. The molecule has 2 N–H and O–H groups in total. The van der Waals surface area contributed by atoms with Crippen LogP contribution in [0, 0.1) is 17.3 Å². The topological polar surface area (TPSA) is 111 Å². The highest BCUT2D eigenvalue weighted by Gasteiger charge is 2.45. The van der Waals surface area contributed by atoms with Gasteiger partial charge in [-0.15, -0.1) is 0 Å². The van der Waals surface area contributed by atoms with Gasteiger partial charge in [0.1, 0.15) is 5.75 Å². The molecule has 2 saturated carbocycles. The first-order chi connectivity index (χ1) is 17.9. The maximum Gasteiger partial charge on any atom is 0.316 e. The number of benzene rings is 1. The summed E-state index contributed by atoms with van der Waals surface area (Å²) in [5.74, 6) is -1.48. The van der Waals surface area contributed by atoms with Crippen LogP contribution in [0.2, 0.25) is 0 Å². The summed E-state index contributed by atoms with van der Waals surface area (Å²) < 4.78 is 16.7. The summed E-state index contributed by atoms with van der Waals surface area (Å²) >= 11 is 0. The fourth-order valence-electron chi connectivity index (χ4n) is 6.26. The summed E-state index contributed by atoms with van der Waals surface area (Å²) in [6.07, 6.45) is 9.40. The van der Waals surface area contributed by atoms with Crippen molar-refractivity contribution in [2.75, 3.05) is 26.9 Å². The van der Waals surface area contributed by atoms with Crippen LogP contribution in [0.25, 0.3) is 0 Å². The second kappa shape index (κ2) is 12.9. The number of carbonyl (C=O) groups is 3. The highest BCUT2D eigenvalue weighted by atomic mass is 16.5. The second-order valence-corrected chi connectivity index (χ2v) is 11.0. The van der Waals surface area contributed by atoms with Crippen LogP contribution in [0.4, 0.5) is 0 Å². The highest BCUT2D eigenvalue weighted by Crippen LogP contribution is 2.44. The third-order valence-electron chi connectivity index (χ3n) is 8.46. The molecule has 0 aromatic heterocycles. The Bertz CT molecular complexity index is 948.